The summed E-state index contributed by atoms with van der Waals surface area (Å²) in [5.41, 5.74) is 1.08. The van der Waals surface area contributed by atoms with Gasteiger partial charge in [-0.3, -0.25) is 19.7 Å². The number of halogens is 1. The number of carbonyl (C=O) groups excluding carboxylic acids is 2. The van der Waals surface area contributed by atoms with Crippen LogP contribution < -0.4 is 15.5 Å². The number of esters is 1. The normalized spacial score (nSPS) is 11.8. The standard InChI is InChI=1S/C26H23ClN2O6S/c1-3-19(25(32)29-26-28-17(14-36-26)13-21(30)33-4-2)34-24-22(31)18-7-5-6-8-20(18)35-23(24)15-9-11-16(27)12-10-15/h5-12,14,19H,3-4,13H2,1-2H3,(H,28,29,32). The smallest absolute Gasteiger partial charge is 0.311 e. The van der Waals surface area contributed by atoms with Gasteiger partial charge in [0.05, 0.1) is 24.1 Å². The molecule has 4 rings (SSSR count). The maximum Gasteiger partial charge on any atom is 0.311 e. The third kappa shape index (κ3) is 5.75. The Morgan fingerprint density at radius 2 is 1.89 bits per heavy atom. The van der Waals surface area contributed by atoms with Crippen molar-refractivity contribution in [3.8, 4) is 17.1 Å². The average molecular weight is 527 g/mol. The van der Waals surface area contributed by atoms with Gasteiger partial charge in [0.2, 0.25) is 11.2 Å². The molecule has 10 heteroatoms. The predicted octanol–water partition coefficient (Wildman–Crippen LogP) is 5.47. The van der Waals surface area contributed by atoms with Crippen molar-refractivity contribution < 1.29 is 23.5 Å². The SMILES string of the molecule is CCOC(=O)Cc1csc(NC(=O)C(CC)Oc2c(-c3ccc(Cl)cc3)oc3ccccc3c2=O)n1. The van der Waals surface area contributed by atoms with Crippen LogP contribution in [0.2, 0.25) is 5.02 Å². The lowest BCUT2D eigenvalue weighted by Gasteiger charge is -2.18. The summed E-state index contributed by atoms with van der Waals surface area (Å²) < 4.78 is 17.0. The minimum atomic E-state index is -1.00. The van der Waals surface area contributed by atoms with Crippen LogP contribution in [0.5, 0.6) is 5.75 Å². The van der Waals surface area contributed by atoms with E-state index in [1.807, 2.05) is 0 Å². The molecule has 2 heterocycles. The van der Waals surface area contributed by atoms with E-state index in [2.05, 4.69) is 10.3 Å². The summed E-state index contributed by atoms with van der Waals surface area (Å²) in [6.45, 7) is 3.77. The van der Waals surface area contributed by atoms with E-state index >= 15 is 0 Å². The van der Waals surface area contributed by atoms with Gasteiger partial charge in [0, 0.05) is 16.0 Å². The molecular formula is C26H23ClN2O6S. The molecule has 8 nitrogen and oxygen atoms in total. The number of amides is 1. The second-order valence-corrected chi connectivity index (χ2v) is 9.02. The predicted molar refractivity (Wildman–Crippen MR) is 139 cm³/mol. The fourth-order valence-electron chi connectivity index (χ4n) is 3.48. The first kappa shape index (κ1) is 25.4. The molecule has 4 aromatic rings. The van der Waals surface area contributed by atoms with Crippen molar-refractivity contribution in [1.82, 2.24) is 4.98 Å². The van der Waals surface area contributed by atoms with Crippen molar-refractivity contribution in [3.05, 3.63) is 74.9 Å². The van der Waals surface area contributed by atoms with Crippen LogP contribution in [0.25, 0.3) is 22.3 Å². The molecule has 0 aliphatic rings. The van der Waals surface area contributed by atoms with Gasteiger partial charge in [-0.05, 0) is 49.7 Å². The minimum Gasteiger partial charge on any atom is -0.473 e. The Morgan fingerprint density at radius 3 is 2.61 bits per heavy atom. The molecule has 1 amide bonds. The molecule has 0 bridgehead atoms. The van der Waals surface area contributed by atoms with Crippen molar-refractivity contribution in [2.45, 2.75) is 32.8 Å². The van der Waals surface area contributed by atoms with Crippen molar-refractivity contribution in [3.63, 3.8) is 0 Å². The summed E-state index contributed by atoms with van der Waals surface area (Å²) in [5, 5.41) is 5.55. The van der Waals surface area contributed by atoms with Gasteiger partial charge in [-0.25, -0.2) is 4.98 Å². The van der Waals surface area contributed by atoms with E-state index < -0.39 is 18.0 Å². The molecule has 1 N–H and O–H groups in total. The number of benzene rings is 2. The van der Waals surface area contributed by atoms with Crippen LogP contribution in [0.15, 0.2) is 63.1 Å². The molecule has 0 fully saturated rings. The monoisotopic (exact) mass is 526 g/mol. The Hall–Kier alpha value is -3.69. The number of aromatic nitrogens is 1. The first-order valence-corrected chi connectivity index (χ1v) is 12.5. The molecule has 0 aliphatic heterocycles. The molecule has 0 saturated heterocycles. The molecular weight excluding hydrogens is 504 g/mol. The second kappa shape index (κ2) is 11.4. The Balaban J connectivity index is 1.62. The first-order valence-electron chi connectivity index (χ1n) is 11.3. The Labute approximate surface area is 215 Å². The van der Waals surface area contributed by atoms with E-state index in [-0.39, 0.29) is 36.4 Å². The Morgan fingerprint density at radius 1 is 1.14 bits per heavy atom. The highest BCUT2D eigenvalue weighted by molar-refractivity contribution is 7.13. The van der Waals surface area contributed by atoms with E-state index in [1.165, 1.54) is 11.3 Å². The fraction of sp³-hybridized carbons (Fsp3) is 0.231. The quantitative estimate of drug-likeness (QED) is 0.288. The zero-order valence-corrected chi connectivity index (χ0v) is 21.2. The topological polar surface area (TPSA) is 108 Å². The molecule has 2 aromatic heterocycles. The van der Waals surface area contributed by atoms with E-state index in [0.717, 1.165) is 0 Å². The number of carbonyl (C=O) groups is 2. The number of anilines is 1. The summed E-state index contributed by atoms with van der Waals surface area (Å²) in [6, 6.07) is 13.6. The van der Waals surface area contributed by atoms with Gasteiger partial charge in [0.15, 0.2) is 17.0 Å². The van der Waals surface area contributed by atoms with E-state index in [1.54, 1.807) is 67.8 Å². The van der Waals surface area contributed by atoms with Gasteiger partial charge in [-0.2, -0.15) is 0 Å². The van der Waals surface area contributed by atoms with Crippen molar-refractivity contribution in [2.75, 3.05) is 11.9 Å². The largest absolute Gasteiger partial charge is 0.473 e. The first-order chi connectivity index (χ1) is 17.4. The highest BCUT2D eigenvalue weighted by Gasteiger charge is 2.25. The van der Waals surface area contributed by atoms with Gasteiger partial charge in [-0.15, -0.1) is 11.3 Å². The van der Waals surface area contributed by atoms with Crippen molar-refractivity contribution in [2.24, 2.45) is 0 Å². The van der Waals surface area contributed by atoms with Gasteiger partial charge < -0.3 is 13.9 Å². The molecule has 186 valence electrons. The highest BCUT2D eigenvalue weighted by atomic mass is 35.5. The average Bonchev–Trinajstić information content (AvgIpc) is 3.30. The van der Waals surface area contributed by atoms with Crippen LogP contribution in [0.3, 0.4) is 0 Å². The highest BCUT2D eigenvalue weighted by Crippen LogP contribution is 2.32. The third-order valence-corrected chi connectivity index (χ3v) is 6.26. The van der Waals surface area contributed by atoms with Gasteiger partial charge in [-0.1, -0.05) is 30.7 Å². The van der Waals surface area contributed by atoms with E-state index in [0.29, 0.717) is 32.4 Å². The van der Waals surface area contributed by atoms with Gasteiger partial charge in [0.25, 0.3) is 5.91 Å². The van der Waals surface area contributed by atoms with Crippen LogP contribution in [-0.4, -0.2) is 29.6 Å². The number of fused-ring (bicyclic) bond motifs is 1. The lowest BCUT2D eigenvalue weighted by atomic mass is 10.1. The molecule has 0 aliphatic carbocycles. The molecule has 1 atom stereocenters. The van der Waals surface area contributed by atoms with E-state index in [9.17, 15) is 14.4 Å². The molecule has 0 radical (unpaired) electrons. The zero-order valence-electron chi connectivity index (χ0n) is 19.6. The van der Waals surface area contributed by atoms with Crippen LogP contribution in [0.4, 0.5) is 5.13 Å². The number of hydrogen-bond acceptors (Lipinski definition) is 8. The van der Waals surface area contributed by atoms with Gasteiger partial charge >= 0.3 is 5.97 Å². The summed E-state index contributed by atoms with van der Waals surface area (Å²) in [6.07, 6.45) is -0.715. The lowest BCUT2D eigenvalue weighted by molar-refractivity contribution is -0.142. The number of rotatable bonds is 9. The van der Waals surface area contributed by atoms with Crippen LogP contribution in [-0.2, 0) is 20.7 Å². The van der Waals surface area contributed by atoms with Crippen LogP contribution >= 0.6 is 22.9 Å². The van der Waals surface area contributed by atoms with Crippen LogP contribution in [0.1, 0.15) is 26.0 Å². The zero-order chi connectivity index (χ0) is 25.7. The molecule has 0 spiro atoms. The Kier molecular flexibility index (Phi) is 8.02. The Bertz CT molecular complexity index is 1450. The van der Waals surface area contributed by atoms with Gasteiger partial charge in [0.1, 0.15) is 5.58 Å². The summed E-state index contributed by atoms with van der Waals surface area (Å²) in [7, 11) is 0. The number of thiazole rings is 1. The number of nitrogens with one attached hydrogen (secondary N) is 1. The number of ether oxygens (including phenoxy) is 2. The molecule has 0 saturated carbocycles. The lowest BCUT2D eigenvalue weighted by Crippen LogP contribution is -2.34. The number of para-hydroxylation sites is 1. The van der Waals surface area contributed by atoms with Crippen molar-refractivity contribution in [1.29, 1.82) is 0 Å². The minimum absolute atomic E-state index is 0.0104. The molecule has 1 unspecified atom stereocenters. The van der Waals surface area contributed by atoms with Crippen molar-refractivity contribution >= 4 is 50.9 Å². The number of nitrogens with zero attached hydrogens (tertiary/aromatic N) is 1. The molecule has 2 aromatic carbocycles. The summed E-state index contributed by atoms with van der Waals surface area (Å²) >= 11 is 7.21. The summed E-state index contributed by atoms with van der Waals surface area (Å²) in [5.74, 6) is -0.745. The van der Waals surface area contributed by atoms with Crippen LogP contribution in [0, 0.1) is 0 Å². The molecule has 36 heavy (non-hydrogen) atoms. The fourth-order valence-corrected chi connectivity index (χ4v) is 4.32. The second-order valence-electron chi connectivity index (χ2n) is 7.72. The maximum atomic E-state index is 13.4. The maximum absolute atomic E-state index is 13.4. The summed E-state index contributed by atoms with van der Waals surface area (Å²) in [4.78, 5) is 42.4. The third-order valence-electron chi connectivity index (χ3n) is 5.20. The van der Waals surface area contributed by atoms with E-state index in [4.69, 9.17) is 25.5 Å². The number of hydrogen-bond donors (Lipinski definition) is 1.